The van der Waals surface area contributed by atoms with Crippen molar-refractivity contribution in [2.24, 2.45) is 0 Å². The number of thioether (sulfide) groups is 1. The summed E-state index contributed by atoms with van der Waals surface area (Å²) in [6.45, 7) is 15.1. The summed E-state index contributed by atoms with van der Waals surface area (Å²) in [5.74, 6) is 0.441. The van der Waals surface area contributed by atoms with Gasteiger partial charge in [0.15, 0.2) is 0 Å². The minimum Gasteiger partial charge on any atom is -0.507 e. The van der Waals surface area contributed by atoms with E-state index < -0.39 is 0 Å². The summed E-state index contributed by atoms with van der Waals surface area (Å²) < 4.78 is -0.175. The fourth-order valence-corrected chi connectivity index (χ4v) is 4.38. The molecule has 1 aromatic rings. The van der Waals surface area contributed by atoms with Crippen LogP contribution in [0.25, 0.3) is 0 Å². The van der Waals surface area contributed by atoms with Crippen LogP contribution >= 0.6 is 11.8 Å². The lowest BCUT2D eigenvalue weighted by Crippen LogP contribution is -2.25. The maximum atomic E-state index is 10.9. The van der Waals surface area contributed by atoms with Gasteiger partial charge in [0.05, 0.1) is 6.61 Å². The molecule has 2 N–H and O–H groups in total. The minimum atomic E-state index is -0.175. The monoisotopic (exact) mass is 308 g/mol. The molecule has 2 nitrogen and oxygen atoms in total. The third kappa shape index (κ3) is 2.95. The smallest absolute Gasteiger partial charge is 0.123 e. The summed E-state index contributed by atoms with van der Waals surface area (Å²) in [7, 11) is 0. The number of hydrogen-bond acceptors (Lipinski definition) is 3. The molecule has 0 spiro atoms. The number of aliphatic hydroxyl groups is 1. The zero-order chi connectivity index (χ0) is 16.2. The molecule has 0 aliphatic carbocycles. The fraction of sp³-hybridized carbons (Fsp3) is 0.667. The zero-order valence-electron chi connectivity index (χ0n) is 14.3. The standard InChI is InChI=1S/C18H28O2S/c1-16(2,3)12-8-13-11(9-18(7,10-19)21-13)14(15(12)20)17(4,5)6/h8,19-20H,9-10H2,1-7H3. The molecule has 0 bridgehead atoms. The molecule has 0 saturated carbocycles. The van der Waals surface area contributed by atoms with E-state index in [-0.39, 0.29) is 22.2 Å². The average molecular weight is 308 g/mol. The first kappa shape index (κ1) is 16.7. The highest BCUT2D eigenvalue weighted by molar-refractivity contribution is 8.01. The van der Waals surface area contributed by atoms with E-state index in [1.165, 1.54) is 10.5 Å². The van der Waals surface area contributed by atoms with Crippen LogP contribution in [0.1, 0.15) is 65.2 Å². The lowest BCUT2D eigenvalue weighted by atomic mass is 9.76. The molecule has 1 heterocycles. The third-order valence-corrected chi connectivity index (χ3v) is 5.52. The van der Waals surface area contributed by atoms with Gasteiger partial charge in [-0.2, -0.15) is 0 Å². The zero-order valence-corrected chi connectivity index (χ0v) is 15.1. The largest absolute Gasteiger partial charge is 0.507 e. The highest BCUT2D eigenvalue weighted by atomic mass is 32.2. The number of benzene rings is 1. The molecule has 1 aliphatic heterocycles. The Kier molecular flexibility index (Phi) is 3.91. The molecule has 3 heteroatoms. The molecule has 1 unspecified atom stereocenters. The van der Waals surface area contributed by atoms with Gasteiger partial charge in [-0.25, -0.2) is 0 Å². The van der Waals surface area contributed by atoms with Crippen molar-refractivity contribution in [3.63, 3.8) is 0 Å². The van der Waals surface area contributed by atoms with Gasteiger partial charge in [0.1, 0.15) is 5.75 Å². The summed E-state index contributed by atoms with van der Waals surface area (Å²) in [5.41, 5.74) is 3.05. The summed E-state index contributed by atoms with van der Waals surface area (Å²) >= 11 is 1.75. The Hall–Kier alpha value is -0.670. The predicted molar refractivity (Wildman–Crippen MR) is 90.6 cm³/mol. The van der Waals surface area contributed by atoms with Gasteiger partial charge in [-0.15, -0.1) is 11.8 Å². The predicted octanol–water partition coefficient (Wildman–Crippen LogP) is 4.39. The summed E-state index contributed by atoms with van der Waals surface area (Å²) in [4.78, 5) is 1.22. The highest BCUT2D eigenvalue weighted by Crippen LogP contribution is 2.52. The molecular weight excluding hydrogens is 280 g/mol. The molecule has 1 atom stereocenters. The average Bonchev–Trinajstić information content (AvgIpc) is 2.62. The van der Waals surface area contributed by atoms with Gasteiger partial charge in [-0.05, 0) is 35.8 Å². The molecule has 2 rings (SSSR count). The van der Waals surface area contributed by atoms with E-state index in [1.54, 1.807) is 11.8 Å². The maximum Gasteiger partial charge on any atom is 0.123 e. The topological polar surface area (TPSA) is 40.5 Å². The number of aliphatic hydroxyl groups excluding tert-OH is 1. The van der Waals surface area contributed by atoms with Gasteiger partial charge in [0, 0.05) is 20.8 Å². The molecule has 118 valence electrons. The highest BCUT2D eigenvalue weighted by Gasteiger charge is 2.39. The Labute approximate surface area is 133 Å². The van der Waals surface area contributed by atoms with Crippen LogP contribution in [0.4, 0.5) is 0 Å². The first-order valence-electron chi connectivity index (χ1n) is 7.59. The first-order chi connectivity index (χ1) is 9.39. The second-order valence-corrected chi connectivity index (χ2v) is 10.1. The summed E-state index contributed by atoms with van der Waals surface area (Å²) in [5, 5.41) is 20.6. The van der Waals surface area contributed by atoms with Crippen molar-refractivity contribution in [3.8, 4) is 5.75 Å². The van der Waals surface area contributed by atoms with Crippen molar-refractivity contribution in [3.05, 3.63) is 22.8 Å². The summed E-state index contributed by atoms with van der Waals surface area (Å²) in [6, 6.07) is 2.13. The van der Waals surface area contributed by atoms with Crippen molar-refractivity contribution in [1.82, 2.24) is 0 Å². The van der Waals surface area contributed by atoms with Gasteiger partial charge >= 0.3 is 0 Å². The van der Waals surface area contributed by atoms with E-state index in [0.29, 0.717) is 5.75 Å². The molecule has 0 aromatic heterocycles. The number of phenols is 1. The van der Waals surface area contributed by atoms with Crippen LogP contribution in [0.3, 0.4) is 0 Å². The van der Waals surface area contributed by atoms with Gasteiger partial charge in [-0.1, -0.05) is 41.5 Å². The second kappa shape index (κ2) is 4.92. The van der Waals surface area contributed by atoms with Crippen molar-refractivity contribution in [2.75, 3.05) is 6.61 Å². The van der Waals surface area contributed by atoms with Gasteiger partial charge in [-0.3, -0.25) is 0 Å². The number of fused-ring (bicyclic) bond motifs is 1. The molecule has 0 saturated heterocycles. The number of aromatic hydroxyl groups is 1. The SMILES string of the molecule is CC1(CO)Cc2c(cc(C(C)(C)C)c(O)c2C(C)(C)C)S1. The van der Waals surface area contributed by atoms with E-state index in [9.17, 15) is 10.2 Å². The second-order valence-electron chi connectivity index (χ2n) is 8.51. The van der Waals surface area contributed by atoms with Crippen molar-refractivity contribution < 1.29 is 10.2 Å². The molecule has 21 heavy (non-hydrogen) atoms. The maximum absolute atomic E-state index is 10.9. The number of hydrogen-bond donors (Lipinski definition) is 2. The van der Waals surface area contributed by atoms with Crippen LogP contribution in [0.15, 0.2) is 11.0 Å². The van der Waals surface area contributed by atoms with Crippen LogP contribution in [0.2, 0.25) is 0 Å². The van der Waals surface area contributed by atoms with Gasteiger partial charge < -0.3 is 10.2 Å². The van der Waals surface area contributed by atoms with Crippen LogP contribution in [0.5, 0.6) is 5.75 Å². The van der Waals surface area contributed by atoms with Gasteiger partial charge in [0.2, 0.25) is 0 Å². The number of phenolic OH excluding ortho intramolecular Hbond substituents is 1. The molecule has 0 fully saturated rings. The lowest BCUT2D eigenvalue weighted by Gasteiger charge is -2.29. The van der Waals surface area contributed by atoms with E-state index in [0.717, 1.165) is 17.5 Å². The van der Waals surface area contributed by atoms with Crippen molar-refractivity contribution in [1.29, 1.82) is 0 Å². The Balaban J connectivity index is 2.74. The Morgan fingerprint density at radius 2 is 1.71 bits per heavy atom. The van der Waals surface area contributed by atoms with E-state index in [4.69, 9.17) is 0 Å². The van der Waals surface area contributed by atoms with Crippen LogP contribution < -0.4 is 0 Å². The molecule has 1 aliphatic rings. The quantitative estimate of drug-likeness (QED) is 0.808. The molecular formula is C18H28O2S. The molecule has 0 radical (unpaired) electrons. The third-order valence-electron chi connectivity index (χ3n) is 4.17. The lowest BCUT2D eigenvalue weighted by molar-refractivity contribution is 0.257. The van der Waals surface area contributed by atoms with Crippen LogP contribution in [-0.4, -0.2) is 21.6 Å². The van der Waals surface area contributed by atoms with E-state index in [2.05, 4.69) is 54.5 Å². The van der Waals surface area contributed by atoms with Crippen LogP contribution in [-0.2, 0) is 17.3 Å². The summed E-state index contributed by atoms with van der Waals surface area (Å²) in [6.07, 6.45) is 0.814. The minimum absolute atomic E-state index is 0.0993. The molecule has 1 aromatic carbocycles. The normalized spacial score (nSPS) is 22.5. The Morgan fingerprint density at radius 1 is 1.14 bits per heavy atom. The number of rotatable bonds is 1. The van der Waals surface area contributed by atoms with Gasteiger partial charge in [0.25, 0.3) is 0 Å². The fourth-order valence-electron chi connectivity index (χ4n) is 3.10. The Bertz CT molecular complexity index is 564. The van der Waals surface area contributed by atoms with E-state index >= 15 is 0 Å². The van der Waals surface area contributed by atoms with Crippen molar-refractivity contribution >= 4 is 11.8 Å². The van der Waals surface area contributed by atoms with Crippen molar-refractivity contribution in [2.45, 2.75) is 75.4 Å². The molecule has 0 amide bonds. The first-order valence-corrected chi connectivity index (χ1v) is 8.40. The van der Waals surface area contributed by atoms with Crippen LogP contribution in [0, 0.1) is 0 Å². The van der Waals surface area contributed by atoms with E-state index in [1.807, 2.05) is 0 Å². The Morgan fingerprint density at radius 3 is 2.14 bits per heavy atom.